The number of rotatable bonds is 5. The number of halogens is 6. The molecule has 0 amide bonds. The molecule has 0 aliphatic carbocycles. The third kappa shape index (κ3) is 5.62. The van der Waals surface area contributed by atoms with Crippen LogP contribution in [0.3, 0.4) is 0 Å². The van der Waals surface area contributed by atoms with Crippen molar-refractivity contribution in [2.45, 2.75) is 25.5 Å². The zero-order valence-corrected chi connectivity index (χ0v) is 15.7. The second-order valence-corrected chi connectivity index (χ2v) is 7.56. The minimum atomic E-state index is -5.66. The Morgan fingerprint density at radius 2 is 1.59 bits per heavy atom. The minimum absolute atomic E-state index is 0.00439. The topological polar surface area (TPSA) is 67.8 Å². The number of nitrogens with zero attached hydrogens (tertiary/aromatic N) is 1. The van der Waals surface area contributed by atoms with E-state index >= 15 is 0 Å². The lowest BCUT2D eigenvalue weighted by Crippen LogP contribution is -2.30. The maximum atomic E-state index is 12.6. The van der Waals surface area contributed by atoms with E-state index in [2.05, 4.69) is 5.16 Å². The summed E-state index contributed by atoms with van der Waals surface area (Å²) in [5, 5.41) is 3.67. The normalized spacial score (nSPS) is 13.3. The molecule has 158 valence electrons. The van der Waals surface area contributed by atoms with Gasteiger partial charge >= 0.3 is 21.7 Å². The summed E-state index contributed by atoms with van der Waals surface area (Å²) in [5.74, 6) is -0.0533. The highest BCUT2D eigenvalue weighted by atomic mass is 32.2. The maximum absolute atomic E-state index is 12.6. The van der Waals surface area contributed by atoms with E-state index in [0.717, 1.165) is 30.3 Å². The lowest BCUT2D eigenvalue weighted by Gasteiger charge is -2.14. The fourth-order valence-electron chi connectivity index (χ4n) is 2.12. The molecule has 12 heteroatoms. The van der Waals surface area contributed by atoms with E-state index in [1.165, 1.54) is 23.8 Å². The van der Waals surface area contributed by atoms with Crippen LogP contribution in [0.1, 0.15) is 23.6 Å². The van der Waals surface area contributed by atoms with E-state index in [0.29, 0.717) is 5.56 Å². The minimum Gasteiger partial charge on any atom is -0.357 e. The number of hydrogen-bond donors (Lipinski definition) is 1. The maximum Gasteiger partial charge on any atom is 0.516 e. The second-order valence-electron chi connectivity index (χ2n) is 5.89. The summed E-state index contributed by atoms with van der Waals surface area (Å²) in [6, 6.07) is 7.48. The van der Waals surface area contributed by atoms with Crippen LogP contribution < -0.4 is 9.56 Å². The quantitative estimate of drug-likeness (QED) is 0.401. The van der Waals surface area contributed by atoms with E-state index in [1.807, 2.05) is 0 Å². The first-order valence-corrected chi connectivity index (χ1v) is 9.28. The van der Waals surface area contributed by atoms with E-state index < -0.39 is 27.3 Å². The molecule has 2 rings (SSSR count). The first kappa shape index (κ1) is 22.5. The monoisotopic (exact) mass is 440 g/mol. The third-order valence-corrected chi connectivity index (χ3v) is 4.68. The summed E-state index contributed by atoms with van der Waals surface area (Å²) in [4.78, 5) is 5.00. The highest BCUT2D eigenvalue weighted by molar-refractivity contribution is 7.93. The SMILES string of the molecule is C/C(=N\Oc1ccc(C(F)(F)F)cc1)c1cc(C)ccc1NS(=O)(=O)C(F)(F)F. The molecule has 0 heterocycles. The number of nitrogens with one attached hydrogen (secondary N) is 1. The van der Waals surface area contributed by atoms with Crippen LogP contribution in [0, 0.1) is 6.92 Å². The van der Waals surface area contributed by atoms with Crippen molar-refractivity contribution in [1.29, 1.82) is 0 Å². The van der Waals surface area contributed by atoms with Gasteiger partial charge in [0, 0.05) is 5.56 Å². The molecule has 0 saturated heterocycles. The molecule has 2 aromatic rings. The number of benzene rings is 2. The Morgan fingerprint density at radius 3 is 2.10 bits per heavy atom. The van der Waals surface area contributed by atoms with Crippen LogP contribution in [0.5, 0.6) is 5.75 Å². The summed E-state index contributed by atoms with van der Waals surface area (Å²) in [6.07, 6.45) is -4.52. The van der Waals surface area contributed by atoms with Gasteiger partial charge in [-0.05, 0) is 50.2 Å². The van der Waals surface area contributed by atoms with Gasteiger partial charge in [0.2, 0.25) is 0 Å². The number of sulfonamides is 1. The Morgan fingerprint density at radius 1 is 1.00 bits per heavy atom. The Balaban J connectivity index is 2.30. The van der Waals surface area contributed by atoms with Crippen molar-refractivity contribution in [3.63, 3.8) is 0 Å². The van der Waals surface area contributed by atoms with Gasteiger partial charge in [0.25, 0.3) is 0 Å². The van der Waals surface area contributed by atoms with Gasteiger partial charge in [-0.1, -0.05) is 16.8 Å². The van der Waals surface area contributed by atoms with Gasteiger partial charge in [0.05, 0.1) is 17.0 Å². The van der Waals surface area contributed by atoms with Crippen molar-refractivity contribution >= 4 is 21.4 Å². The average Bonchev–Trinajstić information content (AvgIpc) is 2.59. The first-order chi connectivity index (χ1) is 13.2. The first-order valence-electron chi connectivity index (χ1n) is 7.80. The van der Waals surface area contributed by atoms with E-state index in [-0.39, 0.29) is 22.7 Å². The van der Waals surface area contributed by atoms with Gasteiger partial charge in [0.1, 0.15) is 0 Å². The van der Waals surface area contributed by atoms with Gasteiger partial charge in [-0.2, -0.15) is 34.8 Å². The summed E-state index contributed by atoms with van der Waals surface area (Å²) in [7, 11) is -5.66. The standard InChI is InChI=1S/C17H14F6N2O3S/c1-10-3-8-15(25-29(26,27)17(21,22)23)14(9-10)11(2)24-28-13-6-4-12(5-7-13)16(18,19)20/h3-9,25H,1-2H3/b24-11+. The van der Waals surface area contributed by atoms with Gasteiger partial charge in [-0.25, -0.2) is 0 Å². The summed E-state index contributed by atoms with van der Waals surface area (Å²) >= 11 is 0. The number of anilines is 1. The van der Waals surface area contributed by atoms with E-state index in [1.54, 1.807) is 6.92 Å². The summed E-state index contributed by atoms with van der Waals surface area (Å²) in [6.45, 7) is 2.96. The smallest absolute Gasteiger partial charge is 0.357 e. The van der Waals surface area contributed by atoms with Gasteiger partial charge in [-0.3, -0.25) is 4.72 Å². The lowest BCUT2D eigenvalue weighted by molar-refractivity contribution is -0.137. The molecule has 0 atom stereocenters. The van der Waals surface area contributed by atoms with Crippen LogP contribution in [0.25, 0.3) is 0 Å². The molecule has 29 heavy (non-hydrogen) atoms. The Bertz CT molecular complexity index is 1010. The van der Waals surface area contributed by atoms with Crippen LogP contribution in [0.4, 0.5) is 32.0 Å². The number of aryl methyl sites for hydroxylation is 1. The third-order valence-electron chi connectivity index (χ3n) is 3.58. The van der Waals surface area contributed by atoms with Crippen molar-refractivity contribution in [3.8, 4) is 5.75 Å². The predicted octanol–water partition coefficient (Wildman–Crippen LogP) is 5.08. The average molecular weight is 440 g/mol. The number of hydrogen-bond acceptors (Lipinski definition) is 4. The van der Waals surface area contributed by atoms with Crippen molar-refractivity contribution in [1.82, 2.24) is 0 Å². The van der Waals surface area contributed by atoms with Crippen LogP contribution in [-0.2, 0) is 16.2 Å². The molecular formula is C17H14F6N2O3S. The largest absolute Gasteiger partial charge is 0.516 e. The van der Waals surface area contributed by atoms with Crippen molar-refractivity contribution < 1.29 is 39.6 Å². The zero-order valence-electron chi connectivity index (χ0n) is 14.9. The van der Waals surface area contributed by atoms with Gasteiger partial charge in [-0.15, -0.1) is 0 Å². The highest BCUT2D eigenvalue weighted by Crippen LogP contribution is 2.31. The molecule has 0 fully saturated rings. The lowest BCUT2D eigenvalue weighted by atomic mass is 10.1. The van der Waals surface area contributed by atoms with Crippen molar-refractivity contribution in [2.75, 3.05) is 4.72 Å². The van der Waals surface area contributed by atoms with Crippen LogP contribution in [0.15, 0.2) is 47.6 Å². The number of alkyl halides is 6. The molecule has 0 spiro atoms. The van der Waals surface area contributed by atoms with Gasteiger partial charge in [0.15, 0.2) is 5.75 Å². The molecule has 0 aliphatic heterocycles. The van der Waals surface area contributed by atoms with Gasteiger partial charge < -0.3 is 4.84 Å². The summed E-state index contributed by atoms with van der Waals surface area (Å²) in [5.41, 5.74) is -6.20. The summed E-state index contributed by atoms with van der Waals surface area (Å²) < 4.78 is 99.7. The van der Waals surface area contributed by atoms with Crippen LogP contribution in [0.2, 0.25) is 0 Å². The molecule has 5 nitrogen and oxygen atoms in total. The molecule has 0 bridgehead atoms. The van der Waals surface area contributed by atoms with E-state index in [4.69, 9.17) is 4.84 Å². The molecule has 0 aliphatic rings. The zero-order chi connectivity index (χ0) is 22.0. The highest BCUT2D eigenvalue weighted by Gasteiger charge is 2.46. The second kappa shape index (κ2) is 7.93. The number of oxime groups is 1. The Kier molecular flexibility index (Phi) is 6.16. The molecule has 0 radical (unpaired) electrons. The molecule has 1 N–H and O–H groups in total. The van der Waals surface area contributed by atoms with E-state index in [9.17, 15) is 34.8 Å². The molecule has 0 aromatic heterocycles. The fourth-order valence-corrected chi connectivity index (χ4v) is 2.71. The predicted molar refractivity (Wildman–Crippen MR) is 94.1 cm³/mol. The van der Waals surface area contributed by atoms with Crippen LogP contribution in [-0.4, -0.2) is 19.6 Å². The van der Waals surface area contributed by atoms with Crippen molar-refractivity contribution in [2.24, 2.45) is 5.16 Å². The van der Waals surface area contributed by atoms with Crippen molar-refractivity contribution in [3.05, 3.63) is 59.2 Å². The van der Waals surface area contributed by atoms with Crippen LogP contribution >= 0.6 is 0 Å². The fraction of sp³-hybridized carbons (Fsp3) is 0.235. The molecular weight excluding hydrogens is 426 g/mol. The molecule has 2 aromatic carbocycles. The molecule has 0 unspecified atom stereocenters. The Labute approximate surface area is 162 Å². The molecule has 0 saturated carbocycles. The Hall–Kier alpha value is -2.76.